The lowest BCUT2D eigenvalue weighted by molar-refractivity contribution is 0.704. The van der Waals surface area contributed by atoms with Crippen molar-refractivity contribution in [2.24, 2.45) is 0 Å². The topological polar surface area (TPSA) is 0 Å². The van der Waals surface area contributed by atoms with Gasteiger partial charge >= 0.3 is 0 Å². The minimum Gasteiger partial charge on any atom is -0.0654 e. The summed E-state index contributed by atoms with van der Waals surface area (Å²) in [5.74, 6) is 0. The first kappa shape index (κ1) is 11.4. The average Bonchev–Trinajstić information content (AvgIpc) is 2.00. The third-order valence-electron chi connectivity index (χ3n) is 2.98. The summed E-state index contributed by atoms with van der Waals surface area (Å²) in [6.45, 7) is 12.0. The van der Waals surface area contributed by atoms with E-state index in [0.717, 1.165) is 5.66 Å². The first-order valence-corrected chi connectivity index (χ1v) is 7.81. The summed E-state index contributed by atoms with van der Waals surface area (Å²) in [6, 6.07) is 0. The van der Waals surface area contributed by atoms with Crippen LogP contribution in [0.15, 0.2) is 0 Å². The highest BCUT2D eigenvalue weighted by Gasteiger charge is 2.29. The smallest absolute Gasteiger partial charge is 0.0654 e. The lowest BCUT2D eigenvalue weighted by Crippen LogP contribution is -2.09. The summed E-state index contributed by atoms with van der Waals surface area (Å²) in [6.07, 6.45) is 5.64. The van der Waals surface area contributed by atoms with Gasteiger partial charge in [-0.25, -0.2) is 0 Å². The molecule has 1 unspecified atom stereocenters. The fourth-order valence-corrected chi connectivity index (χ4v) is 2.67. The maximum absolute atomic E-state index is 2.49. The van der Waals surface area contributed by atoms with Gasteiger partial charge in [-0.2, -0.15) is 0 Å². The van der Waals surface area contributed by atoms with Crippen LogP contribution in [-0.2, 0) is 0 Å². The van der Waals surface area contributed by atoms with Crippen LogP contribution in [0.3, 0.4) is 0 Å². The van der Waals surface area contributed by atoms with E-state index in [4.69, 9.17) is 0 Å². The molecule has 0 aromatic heterocycles. The van der Waals surface area contributed by atoms with E-state index in [1.807, 2.05) is 0 Å². The van der Waals surface area contributed by atoms with Gasteiger partial charge < -0.3 is 0 Å². The van der Waals surface area contributed by atoms with Gasteiger partial charge in [0.05, 0.1) is 11.8 Å². The molecule has 0 radical (unpaired) electrons. The highest BCUT2D eigenvalue weighted by atomic mass is 31.2. The van der Waals surface area contributed by atoms with Crippen LogP contribution < -0.4 is 0 Å². The van der Waals surface area contributed by atoms with E-state index in [1.165, 1.54) is 25.4 Å². The molecule has 0 nitrogen and oxygen atoms in total. The van der Waals surface area contributed by atoms with Gasteiger partial charge in [0, 0.05) is 20.6 Å². The van der Waals surface area contributed by atoms with Crippen molar-refractivity contribution in [2.75, 3.05) is 19.5 Å². The molecule has 0 heterocycles. The van der Waals surface area contributed by atoms with Gasteiger partial charge in [-0.05, 0) is 26.7 Å². The normalized spacial score (nSPS) is 15.0. The van der Waals surface area contributed by atoms with Crippen LogP contribution >= 0.6 is 7.26 Å². The van der Waals surface area contributed by atoms with E-state index in [1.54, 1.807) is 0 Å². The second-order valence-corrected chi connectivity index (χ2v) is 9.16. The zero-order valence-corrected chi connectivity index (χ0v) is 9.75. The standard InChI is InChI=1S/C10H24P/c1-6-8-9-10(3)11(4,5)7-2/h10H,6-9H2,1-5H3/q+1. The molecule has 0 fully saturated rings. The van der Waals surface area contributed by atoms with E-state index < -0.39 is 7.26 Å². The number of hydrogen-bond donors (Lipinski definition) is 0. The summed E-state index contributed by atoms with van der Waals surface area (Å²) in [5.41, 5.74) is 0.993. The molecule has 11 heavy (non-hydrogen) atoms. The number of rotatable bonds is 5. The monoisotopic (exact) mass is 175 g/mol. The minimum atomic E-state index is -0.544. The second kappa shape index (κ2) is 5.14. The zero-order valence-electron chi connectivity index (χ0n) is 8.85. The Balaban J connectivity index is 3.71. The summed E-state index contributed by atoms with van der Waals surface area (Å²) >= 11 is 0. The highest BCUT2D eigenvalue weighted by molar-refractivity contribution is 7.75. The first-order valence-electron chi connectivity index (χ1n) is 4.87. The number of unbranched alkanes of at least 4 members (excludes halogenated alkanes) is 1. The molecule has 0 aliphatic heterocycles. The minimum absolute atomic E-state index is 0.544. The molecule has 0 bridgehead atoms. The Morgan fingerprint density at radius 1 is 1.18 bits per heavy atom. The Bertz CT molecular complexity index is 97.0. The molecule has 0 aromatic rings. The third kappa shape index (κ3) is 4.11. The maximum atomic E-state index is 2.49. The van der Waals surface area contributed by atoms with Crippen LogP contribution in [0.1, 0.15) is 40.0 Å². The average molecular weight is 175 g/mol. The molecule has 1 atom stereocenters. The van der Waals surface area contributed by atoms with E-state index in [-0.39, 0.29) is 0 Å². The van der Waals surface area contributed by atoms with Crippen LogP contribution in [-0.4, -0.2) is 25.2 Å². The van der Waals surface area contributed by atoms with Gasteiger partial charge in [0.15, 0.2) is 0 Å². The molecule has 0 N–H and O–H groups in total. The molecular formula is C10H24P+. The van der Waals surface area contributed by atoms with Gasteiger partial charge in [-0.15, -0.1) is 0 Å². The molecule has 0 saturated carbocycles. The van der Waals surface area contributed by atoms with Crippen LogP contribution in [0, 0.1) is 0 Å². The fourth-order valence-electron chi connectivity index (χ4n) is 1.16. The van der Waals surface area contributed by atoms with Crippen molar-refractivity contribution >= 4 is 7.26 Å². The largest absolute Gasteiger partial charge is 0.0664 e. The van der Waals surface area contributed by atoms with Crippen molar-refractivity contribution in [2.45, 2.75) is 45.7 Å². The second-order valence-electron chi connectivity index (χ2n) is 4.09. The van der Waals surface area contributed by atoms with Crippen molar-refractivity contribution in [1.82, 2.24) is 0 Å². The van der Waals surface area contributed by atoms with E-state index in [0.29, 0.717) is 0 Å². The summed E-state index contributed by atoms with van der Waals surface area (Å²) in [5, 5.41) is 0. The molecule has 0 amide bonds. The van der Waals surface area contributed by atoms with E-state index in [2.05, 4.69) is 34.1 Å². The van der Waals surface area contributed by atoms with Crippen LogP contribution in [0.5, 0.6) is 0 Å². The van der Waals surface area contributed by atoms with Gasteiger partial charge in [0.1, 0.15) is 0 Å². The summed E-state index contributed by atoms with van der Waals surface area (Å²) < 4.78 is 0. The zero-order chi connectivity index (χ0) is 8.91. The van der Waals surface area contributed by atoms with Crippen molar-refractivity contribution in [1.29, 1.82) is 0 Å². The van der Waals surface area contributed by atoms with Crippen molar-refractivity contribution < 1.29 is 0 Å². The highest BCUT2D eigenvalue weighted by Crippen LogP contribution is 2.56. The van der Waals surface area contributed by atoms with Gasteiger partial charge in [0.25, 0.3) is 0 Å². The molecule has 0 rings (SSSR count). The number of hydrogen-bond acceptors (Lipinski definition) is 0. The molecular weight excluding hydrogens is 151 g/mol. The van der Waals surface area contributed by atoms with Gasteiger partial charge in [0.2, 0.25) is 0 Å². The predicted octanol–water partition coefficient (Wildman–Crippen LogP) is 3.86. The van der Waals surface area contributed by atoms with Crippen LogP contribution in [0.2, 0.25) is 0 Å². The van der Waals surface area contributed by atoms with Crippen molar-refractivity contribution in [3.8, 4) is 0 Å². The van der Waals surface area contributed by atoms with E-state index >= 15 is 0 Å². The maximum Gasteiger partial charge on any atom is 0.0664 e. The first-order chi connectivity index (χ1) is 5.04. The quantitative estimate of drug-likeness (QED) is 0.556. The Hall–Kier alpha value is 0.430. The Morgan fingerprint density at radius 2 is 1.73 bits per heavy atom. The van der Waals surface area contributed by atoms with Gasteiger partial charge in [-0.3, -0.25) is 0 Å². The van der Waals surface area contributed by atoms with Gasteiger partial charge in [-0.1, -0.05) is 13.3 Å². The molecule has 1 heteroatoms. The predicted molar refractivity (Wildman–Crippen MR) is 58.3 cm³/mol. The van der Waals surface area contributed by atoms with E-state index in [9.17, 15) is 0 Å². The third-order valence-corrected chi connectivity index (χ3v) is 7.26. The summed E-state index contributed by atoms with van der Waals surface area (Å²) in [7, 11) is -0.544. The molecule has 0 saturated heterocycles. The summed E-state index contributed by atoms with van der Waals surface area (Å²) in [4.78, 5) is 0. The van der Waals surface area contributed by atoms with Crippen molar-refractivity contribution in [3.05, 3.63) is 0 Å². The molecule has 0 aliphatic rings. The molecule has 68 valence electrons. The van der Waals surface area contributed by atoms with Crippen LogP contribution in [0.4, 0.5) is 0 Å². The Morgan fingerprint density at radius 3 is 2.09 bits per heavy atom. The lowest BCUT2D eigenvalue weighted by Gasteiger charge is -2.23. The van der Waals surface area contributed by atoms with Crippen molar-refractivity contribution in [3.63, 3.8) is 0 Å². The Labute approximate surface area is 73.1 Å². The SMILES string of the molecule is CCCCC(C)[P+](C)(C)CC. The lowest BCUT2D eigenvalue weighted by atomic mass is 10.2. The molecule has 0 aliphatic carbocycles. The van der Waals surface area contributed by atoms with Crippen LogP contribution in [0.25, 0.3) is 0 Å². The Kier molecular flexibility index (Phi) is 5.34. The molecule has 0 aromatic carbocycles. The molecule has 0 spiro atoms. The fraction of sp³-hybridized carbons (Fsp3) is 1.00.